The van der Waals surface area contributed by atoms with Gasteiger partial charge in [0.25, 0.3) is 5.69 Å². The van der Waals surface area contributed by atoms with Crippen LogP contribution in [0.3, 0.4) is 0 Å². The van der Waals surface area contributed by atoms with Crippen LogP contribution in [0.5, 0.6) is 0 Å². The average Bonchev–Trinajstić information content (AvgIpc) is 2.91. The van der Waals surface area contributed by atoms with Gasteiger partial charge in [0.2, 0.25) is 0 Å². The van der Waals surface area contributed by atoms with E-state index < -0.39 is 4.92 Å². The van der Waals surface area contributed by atoms with Gasteiger partial charge in [0, 0.05) is 33.7 Å². The minimum Gasteiger partial charge on any atom is -0.318 e. The fourth-order valence-electron chi connectivity index (χ4n) is 2.84. The first-order valence-electron chi connectivity index (χ1n) is 8.22. The predicted molar refractivity (Wildman–Crippen MR) is 107 cm³/mol. The quantitative estimate of drug-likeness (QED) is 0.389. The number of halogens is 1. The number of hydrogen-bond acceptors (Lipinski definition) is 5. The van der Waals surface area contributed by atoms with Crippen molar-refractivity contribution in [1.82, 2.24) is 9.55 Å². The standard InChI is InChI=1S/C19H18ClN5O2/c1-12-4-5-16(20)9-18(12)24-13(2)8-15(14(24)3)10-22-23-19-7-6-17(11-21-19)25(26)27/h4-11H,1-3H3,(H,21,23)/b22-10+. The molecule has 1 aromatic carbocycles. The molecule has 138 valence electrons. The van der Waals surface area contributed by atoms with Crippen molar-refractivity contribution in [2.24, 2.45) is 5.10 Å². The molecule has 0 atom stereocenters. The highest BCUT2D eigenvalue weighted by molar-refractivity contribution is 6.30. The van der Waals surface area contributed by atoms with Crippen molar-refractivity contribution in [2.45, 2.75) is 20.8 Å². The number of hydrogen-bond donors (Lipinski definition) is 1. The molecule has 3 rings (SSSR count). The van der Waals surface area contributed by atoms with Crippen LogP contribution in [-0.4, -0.2) is 20.7 Å². The number of nitro groups is 1. The smallest absolute Gasteiger partial charge is 0.287 e. The number of aryl methyl sites for hydroxylation is 2. The van der Waals surface area contributed by atoms with E-state index in [2.05, 4.69) is 20.1 Å². The molecule has 0 amide bonds. The summed E-state index contributed by atoms with van der Waals surface area (Å²) in [5, 5.41) is 15.5. The molecule has 1 N–H and O–H groups in total. The molecule has 0 aliphatic heterocycles. The molecule has 7 nitrogen and oxygen atoms in total. The van der Waals surface area contributed by atoms with Crippen molar-refractivity contribution < 1.29 is 4.92 Å². The van der Waals surface area contributed by atoms with Crippen molar-refractivity contribution in [3.05, 3.63) is 80.2 Å². The Labute approximate surface area is 161 Å². The van der Waals surface area contributed by atoms with E-state index in [-0.39, 0.29) is 5.69 Å². The molecule has 2 aromatic heterocycles. The molecule has 0 fully saturated rings. The number of anilines is 1. The van der Waals surface area contributed by atoms with Gasteiger partial charge in [-0.15, -0.1) is 0 Å². The van der Waals surface area contributed by atoms with E-state index in [0.717, 1.165) is 28.2 Å². The first-order chi connectivity index (χ1) is 12.9. The Morgan fingerprint density at radius 2 is 2.00 bits per heavy atom. The largest absolute Gasteiger partial charge is 0.318 e. The fourth-order valence-corrected chi connectivity index (χ4v) is 3.01. The van der Waals surface area contributed by atoms with Crippen LogP contribution in [0, 0.1) is 30.9 Å². The lowest BCUT2D eigenvalue weighted by Gasteiger charge is -2.13. The van der Waals surface area contributed by atoms with Crippen molar-refractivity contribution in [1.29, 1.82) is 0 Å². The van der Waals surface area contributed by atoms with E-state index in [1.807, 2.05) is 45.0 Å². The van der Waals surface area contributed by atoms with Gasteiger partial charge in [0.1, 0.15) is 12.0 Å². The summed E-state index contributed by atoms with van der Waals surface area (Å²) in [4.78, 5) is 14.1. The Morgan fingerprint density at radius 3 is 2.67 bits per heavy atom. The maximum atomic E-state index is 10.6. The van der Waals surface area contributed by atoms with Crippen molar-refractivity contribution >= 4 is 29.3 Å². The second-order valence-electron chi connectivity index (χ2n) is 6.12. The maximum absolute atomic E-state index is 10.6. The number of rotatable bonds is 5. The lowest BCUT2D eigenvalue weighted by Crippen LogP contribution is -2.02. The monoisotopic (exact) mass is 383 g/mol. The van der Waals surface area contributed by atoms with Gasteiger partial charge < -0.3 is 4.57 Å². The Balaban J connectivity index is 1.83. The van der Waals surface area contributed by atoms with Gasteiger partial charge in [-0.05, 0) is 50.6 Å². The highest BCUT2D eigenvalue weighted by Crippen LogP contribution is 2.25. The molecule has 8 heteroatoms. The van der Waals surface area contributed by atoms with Gasteiger partial charge in [-0.2, -0.15) is 5.10 Å². The predicted octanol–water partition coefficient (Wildman–Crippen LogP) is 4.81. The van der Waals surface area contributed by atoms with Gasteiger partial charge in [0.05, 0.1) is 11.1 Å². The molecule has 0 saturated heterocycles. The molecule has 0 radical (unpaired) electrons. The highest BCUT2D eigenvalue weighted by atomic mass is 35.5. The average molecular weight is 384 g/mol. The lowest BCUT2D eigenvalue weighted by molar-refractivity contribution is -0.385. The van der Waals surface area contributed by atoms with E-state index in [1.165, 1.54) is 18.3 Å². The van der Waals surface area contributed by atoms with Crippen LogP contribution >= 0.6 is 11.6 Å². The van der Waals surface area contributed by atoms with Crippen LogP contribution < -0.4 is 5.43 Å². The van der Waals surface area contributed by atoms with Gasteiger partial charge in [-0.3, -0.25) is 15.5 Å². The van der Waals surface area contributed by atoms with Crippen LogP contribution in [-0.2, 0) is 0 Å². The number of benzene rings is 1. The third kappa shape index (κ3) is 3.98. The molecule has 0 unspecified atom stereocenters. The summed E-state index contributed by atoms with van der Waals surface area (Å²) < 4.78 is 2.13. The molecular weight excluding hydrogens is 366 g/mol. The first-order valence-corrected chi connectivity index (χ1v) is 8.59. The van der Waals surface area contributed by atoms with E-state index in [1.54, 1.807) is 6.21 Å². The van der Waals surface area contributed by atoms with Crippen LogP contribution in [0.2, 0.25) is 5.02 Å². The normalized spacial score (nSPS) is 11.1. The zero-order chi connectivity index (χ0) is 19.6. The zero-order valence-corrected chi connectivity index (χ0v) is 15.9. The third-order valence-corrected chi connectivity index (χ3v) is 4.46. The fraction of sp³-hybridized carbons (Fsp3) is 0.158. The summed E-state index contributed by atoms with van der Waals surface area (Å²) >= 11 is 6.16. The summed E-state index contributed by atoms with van der Waals surface area (Å²) in [5.41, 5.74) is 7.91. The number of pyridine rings is 1. The number of nitrogens with zero attached hydrogens (tertiary/aromatic N) is 4. The summed E-state index contributed by atoms with van der Waals surface area (Å²) in [6, 6.07) is 10.7. The van der Waals surface area contributed by atoms with Gasteiger partial charge in [-0.1, -0.05) is 17.7 Å². The van der Waals surface area contributed by atoms with Gasteiger partial charge >= 0.3 is 0 Å². The van der Waals surface area contributed by atoms with Crippen molar-refractivity contribution in [2.75, 3.05) is 5.43 Å². The van der Waals surface area contributed by atoms with Crippen molar-refractivity contribution in [3.8, 4) is 5.69 Å². The number of nitrogens with one attached hydrogen (secondary N) is 1. The number of aromatic nitrogens is 2. The van der Waals surface area contributed by atoms with Crippen LogP contribution in [0.1, 0.15) is 22.5 Å². The Kier molecular flexibility index (Phi) is 5.23. The summed E-state index contributed by atoms with van der Waals surface area (Å²) in [6.45, 7) is 6.08. The lowest BCUT2D eigenvalue weighted by atomic mass is 10.2. The molecule has 3 aromatic rings. The Hall–Kier alpha value is -3.19. The van der Waals surface area contributed by atoms with Crippen LogP contribution in [0.4, 0.5) is 11.5 Å². The minimum absolute atomic E-state index is 0.0648. The topological polar surface area (TPSA) is 85.3 Å². The molecule has 0 spiro atoms. The third-order valence-electron chi connectivity index (χ3n) is 4.22. The molecule has 0 aliphatic carbocycles. The second-order valence-corrected chi connectivity index (χ2v) is 6.56. The second kappa shape index (κ2) is 7.59. The number of hydrazone groups is 1. The van der Waals surface area contributed by atoms with E-state index >= 15 is 0 Å². The molecule has 0 bridgehead atoms. The maximum Gasteiger partial charge on any atom is 0.287 e. The van der Waals surface area contributed by atoms with Crippen LogP contribution in [0.25, 0.3) is 5.69 Å². The van der Waals surface area contributed by atoms with E-state index in [9.17, 15) is 10.1 Å². The molecule has 27 heavy (non-hydrogen) atoms. The molecular formula is C19H18ClN5O2. The minimum atomic E-state index is -0.493. The molecule has 0 aliphatic rings. The highest BCUT2D eigenvalue weighted by Gasteiger charge is 2.12. The SMILES string of the molecule is Cc1ccc(Cl)cc1-n1c(C)cc(/C=N/Nc2ccc([N+](=O)[O-])cn2)c1C. The Bertz CT molecular complexity index is 1030. The van der Waals surface area contributed by atoms with E-state index in [0.29, 0.717) is 10.8 Å². The summed E-state index contributed by atoms with van der Waals surface area (Å²) in [6.07, 6.45) is 2.88. The molecule has 2 heterocycles. The molecule has 0 saturated carbocycles. The van der Waals surface area contributed by atoms with Gasteiger partial charge in [-0.25, -0.2) is 4.98 Å². The zero-order valence-electron chi connectivity index (χ0n) is 15.1. The Morgan fingerprint density at radius 1 is 1.22 bits per heavy atom. The summed E-state index contributed by atoms with van der Waals surface area (Å²) in [5.74, 6) is 0.427. The van der Waals surface area contributed by atoms with Crippen molar-refractivity contribution in [3.63, 3.8) is 0 Å². The van der Waals surface area contributed by atoms with E-state index in [4.69, 9.17) is 11.6 Å². The van der Waals surface area contributed by atoms with Gasteiger partial charge in [0.15, 0.2) is 0 Å². The van der Waals surface area contributed by atoms with Crippen LogP contribution in [0.15, 0.2) is 47.7 Å². The first kappa shape index (κ1) is 18.6. The summed E-state index contributed by atoms with van der Waals surface area (Å²) in [7, 11) is 0.